The smallest absolute Gasteiger partial charge is 0.247 e. The molecule has 0 amide bonds. The van der Waals surface area contributed by atoms with Gasteiger partial charge in [-0.1, -0.05) is 6.07 Å². The highest BCUT2D eigenvalue weighted by molar-refractivity contribution is 8.08. The number of benzene rings is 1. The van der Waals surface area contributed by atoms with Crippen LogP contribution in [0.2, 0.25) is 0 Å². The molecule has 0 aliphatic carbocycles. The van der Waals surface area contributed by atoms with E-state index in [2.05, 4.69) is 0 Å². The highest BCUT2D eigenvalue weighted by Gasteiger charge is 2.19. The van der Waals surface area contributed by atoms with Crippen LogP contribution in [0.4, 0.5) is 10.1 Å². The van der Waals surface area contributed by atoms with E-state index >= 15 is 0 Å². The van der Waals surface area contributed by atoms with Gasteiger partial charge in [-0.25, -0.2) is 21.2 Å². The van der Waals surface area contributed by atoms with Gasteiger partial charge in [0.25, 0.3) is 0 Å². The van der Waals surface area contributed by atoms with Crippen molar-refractivity contribution in [2.45, 2.75) is 6.54 Å². The van der Waals surface area contributed by atoms with Gasteiger partial charge in [0.1, 0.15) is 5.82 Å². The molecule has 102 valence electrons. The Morgan fingerprint density at radius 1 is 1.28 bits per heavy atom. The number of nitrogens with one attached hydrogen (secondary N) is 1. The molecule has 0 radical (unpaired) electrons. The van der Waals surface area contributed by atoms with Crippen molar-refractivity contribution < 1.29 is 21.2 Å². The molecule has 0 unspecified atom stereocenters. The van der Waals surface area contributed by atoms with E-state index in [1.807, 2.05) is 4.72 Å². The average molecular weight is 296 g/mol. The second kappa shape index (κ2) is 5.21. The van der Waals surface area contributed by atoms with Crippen molar-refractivity contribution >= 4 is 25.5 Å². The second-order valence-electron chi connectivity index (χ2n) is 3.78. The molecular weight excluding hydrogens is 283 g/mol. The average Bonchev–Trinajstić information content (AvgIpc) is 2.17. The molecule has 1 rings (SSSR count). The fraction of sp³-hybridized carbons (Fsp3) is 0.333. The van der Waals surface area contributed by atoms with Crippen LogP contribution in [-0.2, 0) is 26.4 Å². The highest BCUT2D eigenvalue weighted by Crippen LogP contribution is 2.17. The second-order valence-corrected chi connectivity index (χ2v) is 8.01. The quantitative estimate of drug-likeness (QED) is 0.797. The number of sulfone groups is 1. The monoisotopic (exact) mass is 296 g/mol. The number of hydrogen-bond donors (Lipinski definition) is 2. The Morgan fingerprint density at radius 2 is 1.89 bits per heavy atom. The van der Waals surface area contributed by atoms with Crippen LogP contribution >= 0.6 is 0 Å². The van der Waals surface area contributed by atoms with Crippen LogP contribution in [0.25, 0.3) is 0 Å². The molecule has 0 aliphatic rings. The van der Waals surface area contributed by atoms with E-state index in [9.17, 15) is 21.2 Å². The maximum atomic E-state index is 13.5. The zero-order chi connectivity index (χ0) is 14.0. The van der Waals surface area contributed by atoms with E-state index in [4.69, 9.17) is 5.73 Å². The summed E-state index contributed by atoms with van der Waals surface area (Å²) in [6, 6.07) is 3.72. The molecule has 0 saturated carbocycles. The van der Waals surface area contributed by atoms with Crippen LogP contribution in [-0.4, -0.2) is 28.2 Å². The molecule has 0 atom stereocenters. The van der Waals surface area contributed by atoms with Crippen molar-refractivity contribution in [2.75, 3.05) is 16.1 Å². The van der Waals surface area contributed by atoms with Crippen LogP contribution in [0.3, 0.4) is 0 Å². The van der Waals surface area contributed by atoms with E-state index in [0.29, 0.717) is 5.56 Å². The van der Waals surface area contributed by atoms with Gasteiger partial charge in [0, 0.05) is 12.8 Å². The fourth-order valence-electron chi connectivity index (χ4n) is 1.25. The standard InChI is InChI=1S/C9H13FN2O4S2/c1-17(13,14)6-18(15,16)12-9-3-2-7(5-11)4-8(9)10/h2-4,12H,5-6,11H2,1H3. The van der Waals surface area contributed by atoms with Gasteiger partial charge in [0.05, 0.1) is 5.69 Å². The molecule has 6 nitrogen and oxygen atoms in total. The van der Waals surface area contributed by atoms with Crippen molar-refractivity contribution in [1.82, 2.24) is 0 Å². The van der Waals surface area contributed by atoms with Gasteiger partial charge < -0.3 is 5.73 Å². The van der Waals surface area contributed by atoms with Gasteiger partial charge in [-0.3, -0.25) is 4.72 Å². The van der Waals surface area contributed by atoms with Gasteiger partial charge in [-0.2, -0.15) is 0 Å². The molecule has 0 bridgehead atoms. The lowest BCUT2D eigenvalue weighted by molar-refractivity contribution is 0.593. The first kappa shape index (κ1) is 14.9. The fourth-order valence-corrected chi connectivity index (χ4v) is 4.24. The first-order valence-electron chi connectivity index (χ1n) is 4.80. The zero-order valence-electron chi connectivity index (χ0n) is 9.55. The number of anilines is 1. The van der Waals surface area contributed by atoms with Crippen molar-refractivity contribution in [1.29, 1.82) is 0 Å². The molecule has 1 aromatic carbocycles. The summed E-state index contributed by atoms with van der Waals surface area (Å²) < 4.78 is 60.0. The summed E-state index contributed by atoms with van der Waals surface area (Å²) in [6.07, 6.45) is 0.778. The lowest BCUT2D eigenvalue weighted by atomic mass is 10.2. The molecule has 1 aromatic rings. The summed E-state index contributed by atoms with van der Waals surface area (Å²) >= 11 is 0. The zero-order valence-corrected chi connectivity index (χ0v) is 11.2. The predicted octanol–water partition coefficient (Wildman–Crippen LogP) is 0.0282. The molecule has 18 heavy (non-hydrogen) atoms. The minimum atomic E-state index is -4.14. The topological polar surface area (TPSA) is 106 Å². The van der Waals surface area contributed by atoms with E-state index in [0.717, 1.165) is 12.3 Å². The molecular formula is C9H13FN2O4S2. The molecule has 0 aliphatic heterocycles. The third kappa shape index (κ3) is 4.59. The van der Waals surface area contributed by atoms with Gasteiger partial charge in [0.2, 0.25) is 10.0 Å². The van der Waals surface area contributed by atoms with Crippen LogP contribution in [0, 0.1) is 5.82 Å². The Bertz CT molecular complexity index is 641. The summed E-state index contributed by atoms with van der Waals surface area (Å²) in [4.78, 5) is 0. The summed E-state index contributed by atoms with van der Waals surface area (Å²) in [5, 5.41) is -1.10. The first-order valence-corrected chi connectivity index (χ1v) is 8.51. The van der Waals surface area contributed by atoms with Crippen LogP contribution in [0.1, 0.15) is 5.56 Å². The Balaban J connectivity index is 2.98. The third-order valence-electron chi connectivity index (χ3n) is 1.90. The minimum Gasteiger partial charge on any atom is -0.326 e. The van der Waals surface area contributed by atoms with Gasteiger partial charge in [-0.05, 0) is 17.7 Å². The third-order valence-corrected chi connectivity index (χ3v) is 5.39. The van der Waals surface area contributed by atoms with Crippen LogP contribution in [0.5, 0.6) is 0 Å². The Labute approximate surface area is 105 Å². The highest BCUT2D eigenvalue weighted by atomic mass is 32.3. The number of nitrogens with two attached hydrogens (primary N) is 1. The maximum Gasteiger partial charge on any atom is 0.247 e. The molecule has 9 heteroatoms. The molecule has 3 N–H and O–H groups in total. The van der Waals surface area contributed by atoms with Gasteiger partial charge in [0.15, 0.2) is 14.9 Å². The number of hydrogen-bond acceptors (Lipinski definition) is 5. The van der Waals surface area contributed by atoms with Crippen LogP contribution in [0.15, 0.2) is 18.2 Å². The Hall–Kier alpha value is -1.19. The molecule has 0 saturated heterocycles. The molecule has 0 fully saturated rings. The molecule has 0 aromatic heterocycles. The van der Waals surface area contributed by atoms with Crippen molar-refractivity contribution in [3.63, 3.8) is 0 Å². The van der Waals surface area contributed by atoms with Gasteiger partial charge >= 0.3 is 0 Å². The lowest BCUT2D eigenvalue weighted by Crippen LogP contribution is -2.22. The molecule has 0 spiro atoms. The first-order chi connectivity index (χ1) is 8.13. The SMILES string of the molecule is CS(=O)(=O)CS(=O)(=O)Nc1ccc(CN)cc1F. The summed E-state index contributed by atoms with van der Waals surface area (Å²) in [5.74, 6) is -0.810. The van der Waals surface area contributed by atoms with Crippen molar-refractivity contribution in [2.24, 2.45) is 5.73 Å². The minimum absolute atomic E-state index is 0.118. The Morgan fingerprint density at radius 3 is 2.33 bits per heavy atom. The number of sulfonamides is 1. The van der Waals surface area contributed by atoms with Crippen molar-refractivity contribution in [3.05, 3.63) is 29.6 Å². The summed E-state index contributed by atoms with van der Waals surface area (Å²) in [6.45, 7) is 0.118. The van der Waals surface area contributed by atoms with E-state index in [-0.39, 0.29) is 12.2 Å². The number of halogens is 1. The molecule has 0 heterocycles. The van der Waals surface area contributed by atoms with E-state index in [1.54, 1.807) is 0 Å². The summed E-state index contributed by atoms with van der Waals surface area (Å²) in [7, 11) is -7.86. The lowest BCUT2D eigenvalue weighted by Gasteiger charge is -2.08. The van der Waals surface area contributed by atoms with E-state index < -0.39 is 30.8 Å². The predicted molar refractivity (Wildman–Crippen MR) is 66.5 cm³/mol. The summed E-state index contributed by atoms with van der Waals surface area (Å²) in [5.41, 5.74) is 5.48. The largest absolute Gasteiger partial charge is 0.326 e. The number of rotatable bonds is 5. The van der Waals surface area contributed by atoms with Gasteiger partial charge in [-0.15, -0.1) is 0 Å². The Kier molecular flexibility index (Phi) is 4.30. The van der Waals surface area contributed by atoms with Crippen molar-refractivity contribution in [3.8, 4) is 0 Å². The van der Waals surface area contributed by atoms with E-state index in [1.165, 1.54) is 12.1 Å². The van der Waals surface area contributed by atoms with Crippen LogP contribution < -0.4 is 10.5 Å². The normalized spacial score (nSPS) is 12.4. The maximum absolute atomic E-state index is 13.5.